The monoisotopic (exact) mass is 484 g/mol. The third kappa shape index (κ3) is 4.02. The van der Waals surface area contributed by atoms with Crippen molar-refractivity contribution in [1.82, 2.24) is 14.9 Å². The van der Waals surface area contributed by atoms with Crippen LogP contribution >= 0.6 is 12.2 Å². The van der Waals surface area contributed by atoms with E-state index in [1.54, 1.807) is 14.2 Å². The van der Waals surface area contributed by atoms with Crippen molar-refractivity contribution < 1.29 is 9.47 Å². The lowest BCUT2D eigenvalue weighted by atomic mass is 9.96. The highest BCUT2D eigenvalue weighted by atomic mass is 32.1. The van der Waals surface area contributed by atoms with Crippen LogP contribution < -0.4 is 19.7 Å². The summed E-state index contributed by atoms with van der Waals surface area (Å²) in [6, 6.07) is 24.1. The van der Waals surface area contributed by atoms with E-state index >= 15 is 0 Å². The summed E-state index contributed by atoms with van der Waals surface area (Å²) in [5, 5.41) is 4.18. The smallest absolute Gasteiger partial charge is 0.174 e. The molecule has 0 aliphatic carbocycles. The van der Waals surface area contributed by atoms with Gasteiger partial charge < -0.3 is 24.3 Å². The molecule has 0 saturated carbocycles. The predicted molar refractivity (Wildman–Crippen MR) is 143 cm³/mol. The maximum Gasteiger partial charge on any atom is 0.174 e. The van der Waals surface area contributed by atoms with Gasteiger partial charge in [0.15, 0.2) is 5.11 Å². The van der Waals surface area contributed by atoms with E-state index in [9.17, 15) is 0 Å². The molecule has 178 valence electrons. The molecule has 0 spiro atoms. The molecule has 35 heavy (non-hydrogen) atoms. The summed E-state index contributed by atoms with van der Waals surface area (Å²) < 4.78 is 13.5. The Balaban J connectivity index is 1.70. The van der Waals surface area contributed by atoms with Gasteiger partial charge in [-0.3, -0.25) is 4.98 Å². The number of hydrogen-bond donors (Lipinski definition) is 1. The lowest BCUT2D eigenvalue weighted by Crippen LogP contribution is -2.30. The van der Waals surface area contributed by atoms with Gasteiger partial charge in [0.25, 0.3) is 0 Å². The second-order valence-corrected chi connectivity index (χ2v) is 8.92. The molecule has 7 heteroatoms. The minimum Gasteiger partial charge on any atom is -0.497 e. The van der Waals surface area contributed by atoms with Gasteiger partial charge in [0.05, 0.1) is 37.7 Å². The molecule has 1 aliphatic rings. The molecular formula is C28H28N4O2S. The Bertz CT molecular complexity index is 1370. The number of hydrogen-bond acceptors (Lipinski definition) is 4. The molecule has 5 rings (SSSR count). The quantitative estimate of drug-likeness (QED) is 0.355. The third-order valence-corrected chi connectivity index (χ3v) is 6.86. The Hall–Kier alpha value is -3.84. The van der Waals surface area contributed by atoms with Crippen molar-refractivity contribution in [3.8, 4) is 17.2 Å². The summed E-state index contributed by atoms with van der Waals surface area (Å²) in [4.78, 5) is 6.84. The number of rotatable bonds is 6. The second kappa shape index (κ2) is 9.43. The molecule has 4 aromatic rings. The minimum atomic E-state index is -0.132. The van der Waals surface area contributed by atoms with Crippen molar-refractivity contribution in [2.45, 2.75) is 25.9 Å². The van der Waals surface area contributed by atoms with Gasteiger partial charge >= 0.3 is 0 Å². The number of aromatic nitrogens is 2. The lowest BCUT2D eigenvalue weighted by Gasteiger charge is -2.29. The highest BCUT2D eigenvalue weighted by Gasteiger charge is 2.43. The summed E-state index contributed by atoms with van der Waals surface area (Å²) in [6.45, 7) is 4.28. The number of nitrogens with one attached hydrogen (secondary N) is 1. The lowest BCUT2D eigenvalue weighted by molar-refractivity contribution is 0.414. The molecule has 2 atom stereocenters. The van der Waals surface area contributed by atoms with Crippen molar-refractivity contribution in [2.75, 3.05) is 19.1 Å². The van der Waals surface area contributed by atoms with E-state index in [1.165, 1.54) is 5.56 Å². The van der Waals surface area contributed by atoms with E-state index in [0.717, 1.165) is 40.0 Å². The minimum absolute atomic E-state index is 0.126. The van der Waals surface area contributed by atoms with Gasteiger partial charge in [0.2, 0.25) is 0 Å². The number of ether oxygens (including phenoxy) is 2. The standard InChI is InChI=1S/C28H28N4O2S/c1-18-16-22(19(2)31(18)20-10-9-11-21(17-20)33-3)27-26(23-12-7-8-15-29-23)30-28(35)32(27)24-13-5-6-14-25(24)34-4/h5-17,26-27H,1-4H3,(H,30,35)/t26-,27-/m0/s1. The van der Waals surface area contributed by atoms with Gasteiger partial charge in [-0.1, -0.05) is 24.3 Å². The first kappa shape index (κ1) is 22.9. The molecule has 2 aromatic heterocycles. The zero-order valence-corrected chi connectivity index (χ0v) is 21.0. The fourth-order valence-electron chi connectivity index (χ4n) is 4.99. The van der Waals surface area contributed by atoms with Gasteiger partial charge in [-0.25, -0.2) is 0 Å². The summed E-state index contributed by atoms with van der Waals surface area (Å²) in [6.07, 6.45) is 1.82. The van der Waals surface area contributed by atoms with E-state index in [2.05, 4.69) is 51.8 Å². The highest BCUT2D eigenvalue weighted by Crippen LogP contribution is 2.46. The van der Waals surface area contributed by atoms with E-state index in [-0.39, 0.29) is 12.1 Å². The molecule has 1 N–H and O–H groups in total. The topological polar surface area (TPSA) is 51.5 Å². The van der Waals surface area contributed by atoms with Crippen molar-refractivity contribution >= 4 is 23.0 Å². The Labute approximate surface area is 211 Å². The first-order valence-corrected chi connectivity index (χ1v) is 11.9. The third-order valence-electron chi connectivity index (χ3n) is 6.54. The number of thiocarbonyl (C=S) groups is 1. The number of anilines is 1. The molecule has 2 aromatic carbocycles. The molecule has 0 unspecified atom stereocenters. The van der Waals surface area contributed by atoms with E-state index in [4.69, 9.17) is 21.7 Å². The Morgan fingerprint density at radius 2 is 1.71 bits per heavy atom. The molecule has 1 saturated heterocycles. The van der Waals surface area contributed by atoms with E-state index in [0.29, 0.717) is 5.11 Å². The van der Waals surface area contributed by atoms with Crippen LogP contribution in [0.1, 0.15) is 34.7 Å². The largest absolute Gasteiger partial charge is 0.497 e. The summed E-state index contributed by atoms with van der Waals surface area (Å²) in [5.41, 5.74) is 6.33. The molecule has 0 amide bonds. The number of pyridine rings is 1. The number of nitrogens with zero attached hydrogens (tertiary/aromatic N) is 3. The zero-order chi connectivity index (χ0) is 24.5. The fraction of sp³-hybridized carbons (Fsp3) is 0.214. The van der Waals surface area contributed by atoms with Crippen molar-refractivity contribution in [1.29, 1.82) is 0 Å². The molecule has 3 heterocycles. The number of para-hydroxylation sites is 2. The molecular weight excluding hydrogens is 456 g/mol. The van der Waals surface area contributed by atoms with Gasteiger partial charge in [-0.05, 0) is 74.1 Å². The van der Waals surface area contributed by atoms with Gasteiger partial charge in [-0.2, -0.15) is 0 Å². The van der Waals surface area contributed by atoms with Gasteiger partial charge in [0.1, 0.15) is 11.5 Å². The van der Waals surface area contributed by atoms with Gasteiger partial charge in [0, 0.05) is 29.3 Å². The zero-order valence-electron chi connectivity index (χ0n) is 20.2. The highest BCUT2D eigenvalue weighted by molar-refractivity contribution is 7.80. The molecule has 6 nitrogen and oxygen atoms in total. The fourth-order valence-corrected chi connectivity index (χ4v) is 5.33. The maximum absolute atomic E-state index is 5.90. The van der Waals surface area contributed by atoms with Crippen LogP contribution in [0.2, 0.25) is 0 Å². The van der Waals surface area contributed by atoms with Crippen LogP contribution in [0.25, 0.3) is 5.69 Å². The number of methoxy groups -OCH3 is 2. The van der Waals surface area contributed by atoms with E-state index < -0.39 is 0 Å². The van der Waals surface area contributed by atoms with Crippen molar-refractivity contribution in [3.05, 3.63) is 102 Å². The van der Waals surface area contributed by atoms with Crippen LogP contribution in [0.5, 0.6) is 11.5 Å². The Morgan fingerprint density at radius 1 is 0.914 bits per heavy atom. The van der Waals surface area contributed by atoms with Crippen LogP contribution in [0.3, 0.4) is 0 Å². The normalized spacial score (nSPS) is 17.4. The van der Waals surface area contributed by atoms with Crippen molar-refractivity contribution in [2.24, 2.45) is 0 Å². The average molecular weight is 485 g/mol. The number of benzene rings is 2. The average Bonchev–Trinajstić information content (AvgIpc) is 3.39. The molecule has 1 aliphatic heterocycles. The second-order valence-electron chi connectivity index (χ2n) is 8.53. The van der Waals surface area contributed by atoms with Crippen LogP contribution in [0.4, 0.5) is 5.69 Å². The van der Waals surface area contributed by atoms with Crippen LogP contribution in [-0.2, 0) is 0 Å². The molecule has 0 radical (unpaired) electrons. The first-order chi connectivity index (χ1) is 17.0. The molecule has 0 bridgehead atoms. The van der Waals surface area contributed by atoms with Crippen LogP contribution in [0.15, 0.2) is 79.0 Å². The van der Waals surface area contributed by atoms with Gasteiger partial charge in [-0.15, -0.1) is 0 Å². The maximum atomic E-state index is 5.90. The van der Waals surface area contributed by atoms with Crippen molar-refractivity contribution in [3.63, 3.8) is 0 Å². The SMILES string of the molecule is COc1cccc(-n2c(C)cc([C@H]3[C@H](c4ccccn4)NC(=S)N3c3ccccc3OC)c2C)c1. The van der Waals surface area contributed by atoms with Crippen LogP contribution in [0, 0.1) is 13.8 Å². The summed E-state index contributed by atoms with van der Waals surface area (Å²) >= 11 is 5.90. The predicted octanol–water partition coefficient (Wildman–Crippen LogP) is 5.68. The summed E-state index contributed by atoms with van der Waals surface area (Å²) in [7, 11) is 3.37. The van der Waals surface area contributed by atoms with Crippen LogP contribution in [-0.4, -0.2) is 28.9 Å². The first-order valence-electron chi connectivity index (χ1n) is 11.5. The molecule has 1 fully saturated rings. The Morgan fingerprint density at radius 3 is 2.46 bits per heavy atom. The van der Waals surface area contributed by atoms with E-state index in [1.807, 2.05) is 60.8 Å². The summed E-state index contributed by atoms with van der Waals surface area (Å²) in [5.74, 6) is 1.59. The Kier molecular flexibility index (Phi) is 6.17. The number of aryl methyl sites for hydroxylation is 1.